The fourth-order valence-electron chi connectivity index (χ4n) is 1.48. The van der Waals surface area contributed by atoms with Gasteiger partial charge in [0.05, 0.1) is 0 Å². The van der Waals surface area contributed by atoms with Crippen LogP contribution < -0.4 is 0 Å². The van der Waals surface area contributed by atoms with Crippen molar-refractivity contribution in [1.82, 2.24) is 0 Å². The van der Waals surface area contributed by atoms with Gasteiger partial charge in [0.2, 0.25) is 0 Å². The summed E-state index contributed by atoms with van der Waals surface area (Å²) in [5.74, 6) is 0. The lowest BCUT2D eigenvalue weighted by molar-refractivity contribution is 0.112. The number of thiophene rings is 1. The molecule has 1 aromatic heterocycles. The van der Waals surface area contributed by atoms with E-state index in [1.54, 1.807) is 11.3 Å². The molecule has 1 heterocycles. The number of carbonyl (C=O) groups excluding carboxylic acids is 1. The van der Waals surface area contributed by atoms with Crippen LogP contribution in [0, 0.1) is 0 Å². The van der Waals surface area contributed by atoms with Crippen LogP contribution in [0.15, 0.2) is 30.3 Å². The predicted octanol–water partition coefficient (Wildman–Crippen LogP) is 3.75. The van der Waals surface area contributed by atoms with Crippen LogP contribution in [0.1, 0.15) is 22.2 Å². The van der Waals surface area contributed by atoms with Crippen LogP contribution >= 0.6 is 11.3 Å². The quantitative estimate of drug-likeness (QED) is 0.678. The molecule has 0 spiro atoms. The van der Waals surface area contributed by atoms with Crippen LogP contribution in [0.5, 0.6) is 0 Å². The largest absolute Gasteiger partial charge is 0.298 e. The van der Waals surface area contributed by atoms with E-state index in [0.717, 1.165) is 22.1 Å². The molecular formula is C12H10OS. The lowest BCUT2D eigenvalue weighted by Gasteiger charge is -1.88. The molecule has 0 radical (unpaired) electrons. The smallest absolute Gasteiger partial charge is 0.152 e. The summed E-state index contributed by atoms with van der Waals surface area (Å²) in [6, 6.07) is 7.98. The average molecular weight is 202 g/mol. The summed E-state index contributed by atoms with van der Waals surface area (Å²) in [7, 11) is 0. The second kappa shape index (κ2) is 3.76. The zero-order chi connectivity index (χ0) is 9.97. The van der Waals surface area contributed by atoms with Crippen molar-refractivity contribution in [2.75, 3.05) is 0 Å². The van der Waals surface area contributed by atoms with E-state index < -0.39 is 0 Å². The number of carbonyl (C=O) groups is 1. The molecule has 0 N–H and O–H groups in total. The van der Waals surface area contributed by atoms with Crippen LogP contribution in [0.2, 0.25) is 0 Å². The first kappa shape index (κ1) is 9.16. The van der Waals surface area contributed by atoms with Crippen LogP contribution in [0.4, 0.5) is 0 Å². The summed E-state index contributed by atoms with van der Waals surface area (Å²) in [5, 5.41) is 1.06. The minimum Gasteiger partial charge on any atom is -0.298 e. The van der Waals surface area contributed by atoms with Crippen LogP contribution in [-0.2, 0) is 0 Å². The van der Waals surface area contributed by atoms with Gasteiger partial charge in [0, 0.05) is 20.5 Å². The molecule has 0 aliphatic rings. The summed E-state index contributed by atoms with van der Waals surface area (Å²) in [5.41, 5.74) is 0.809. The third kappa shape index (κ3) is 1.38. The Morgan fingerprint density at radius 1 is 1.29 bits per heavy atom. The Morgan fingerprint density at radius 2 is 2.07 bits per heavy atom. The van der Waals surface area contributed by atoms with Gasteiger partial charge < -0.3 is 0 Å². The first-order valence-corrected chi connectivity index (χ1v) is 5.28. The highest BCUT2D eigenvalue weighted by molar-refractivity contribution is 7.20. The van der Waals surface area contributed by atoms with Gasteiger partial charge in [-0.25, -0.2) is 0 Å². The standard InChI is InChI=1S/C12H10OS/c1-2-5-11-10(8-13)9-6-3-4-7-12(9)14-11/h2-8H,1H3/b5-2+. The summed E-state index contributed by atoms with van der Waals surface area (Å²) >= 11 is 1.65. The molecule has 0 atom stereocenters. The van der Waals surface area contributed by atoms with E-state index in [4.69, 9.17) is 0 Å². The molecule has 0 saturated carbocycles. The Hall–Kier alpha value is -1.41. The van der Waals surface area contributed by atoms with E-state index in [-0.39, 0.29) is 0 Å². The number of aldehydes is 1. The molecule has 1 aromatic carbocycles. The number of hydrogen-bond donors (Lipinski definition) is 0. The van der Waals surface area contributed by atoms with E-state index >= 15 is 0 Å². The van der Waals surface area contributed by atoms with Crippen molar-refractivity contribution in [3.63, 3.8) is 0 Å². The van der Waals surface area contributed by atoms with Gasteiger partial charge in [0.1, 0.15) is 0 Å². The van der Waals surface area contributed by atoms with Gasteiger partial charge in [-0.3, -0.25) is 4.79 Å². The Labute approximate surface area is 86.7 Å². The third-order valence-corrected chi connectivity index (χ3v) is 3.25. The number of rotatable bonds is 2. The van der Waals surface area contributed by atoms with Crippen molar-refractivity contribution in [3.8, 4) is 0 Å². The van der Waals surface area contributed by atoms with E-state index in [2.05, 4.69) is 0 Å². The van der Waals surface area contributed by atoms with Crippen molar-refractivity contribution in [1.29, 1.82) is 0 Å². The first-order valence-electron chi connectivity index (χ1n) is 4.46. The van der Waals surface area contributed by atoms with Gasteiger partial charge in [-0.15, -0.1) is 11.3 Å². The zero-order valence-corrected chi connectivity index (χ0v) is 8.67. The molecule has 0 amide bonds. The lowest BCUT2D eigenvalue weighted by atomic mass is 10.1. The Balaban J connectivity index is 2.78. The van der Waals surface area contributed by atoms with E-state index in [1.807, 2.05) is 43.3 Å². The normalized spacial score (nSPS) is 11.2. The average Bonchev–Trinajstić information content (AvgIpc) is 2.55. The number of allylic oxidation sites excluding steroid dienone is 1. The third-order valence-electron chi connectivity index (χ3n) is 2.10. The zero-order valence-electron chi connectivity index (χ0n) is 7.86. The van der Waals surface area contributed by atoms with Crippen molar-refractivity contribution < 1.29 is 4.79 Å². The van der Waals surface area contributed by atoms with Gasteiger partial charge in [-0.1, -0.05) is 24.3 Å². The Bertz CT molecular complexity index is 494. The van der Waals surface area contributed by atoms with Crippen LogP contribution in [-0.4, -0.2) is 6.29 Å². The minimum absolute atomic E-state index is 0.809. The molecule has 2 rings (SSSR count). The molecule has 0 unspecified atom stereocenters. The Kier molecular flexibility index (Phi) is 2.46. The predicted molar refractivity (Wildman–Crippen MR) is 61.9 cm³/mol. The Morgan fingerprint density at radius 3 is 2.79 bits per heavy atom. The monoisotopic (exact) mass is 202 g/mol. The molecule has 2 heteroatoms. The van der Waals surface area contributed by atoms with E-state index in [9.17, 15) is 4.79 Å². The molecule has 0 saturated heterocycles. The lowest BCUT2D eigenvalue weighted by Crippen LogP contribution is -1.78. The molecule has 1 nitrogen and oxygen atoms in total. The van der Waals surface area contributed by atoms with Crippen LogP contribution in [0.25, 0.3) is 16.2 Å². The molecule has 0 aliphatic heterocycles. The second-order valence-corrected chi connectivity index (χ2v) is 4.08. The topological polar surface area (TPSA) is 17.1 Å². The van der Waals surface area contributed by atoms with E-state index in [0.29, 0.717) is 0 Å². The maximum absolute atomic E-state index is 11.0. The molecule has 14 heavy (non-hydrogen) atoms. The summed E-state index contributed by atoms with van der Waals surface area (Å²) in [6.07, 6.45) is 4.88. The molecule has 0 aliphatic carbocycles. The molecular weight excluding hydrogens is 192 g/mol. The molecule has 0 bridgehead atoms. The first-order chi connectivity index (χ1) is 6.86. The van der Waals surface area contributed by atoms with Crippen molar-refractivity contribution in [3.05, 3.63) is 40.8 Å². The molecule has 2 aromatic rings. The van der Waals surface area contributed by atoms with E-state index in [1.165, 1.54) is 4.70 Å². The van der Waals surface area contributed by atoms with Crippen molar-refractivity contribution >= 4 is 33.8 Å². The fraction of sp³-hybridized carbons (Fsp3) is 0.0833. The number of benzene rings is 1. The maximum atomic E-state index is 11.0. The molecule has 0 fully saturated rings. The van der Waals surface area contributed by atoms with Gasteiger partial charge in [0.25, 0.3) is 0 Å². The second-order valence-electron chi connectivity index (χ2n) is 2.99. The number of hydrogen-bond acceptors (Lipinski definition) is 2. The number of fused-ring (bicyclic) bond motifs is 1. The van der Waals surface area contributed by atoms with Gasteiger partial charge >= 0.3 is 0 Å². The summed E-state index contributed by atoms with van der Waals surface area (Å²) in [4.78, 5) is 12.0. The fourth-order valence-corrected chi connectivity index (χ4v) is 2.62. The maximum Gasteiger partial charge on any atom is 0.152 e. The highest BCUT2D eigenvalue weighted by atomic mass is 32.1. The highest BCUT2D eigenvalue weighted by Gasteiger charge is 2.07. The summed E-state index contributed by atoms with van der Waals surface area (Å²) < 4.78 is 1.17. The minimum atomic E-state index is 0.809. The highest BCUT2D eigenvalue weighted by Crippen LogP contribution is 2.30. The van der Waals surface area contributed by atoms with Crippen molar-refractivity contribution in [2.45, 2.75) is 6.92 Å². The molecule has 70 valence electrons. The SMILES string of the molecule is C/C=C/c1sc2ccccc2c1C=O. The van der Waals surface area contributed by atoms with Gasteiger partial charge in [0.15, 0.2) is 6.29 Å². The summed E-state index contributed by atoms with van der Waals surface area (Å²) in [6.45, 7) is 1.96. The van der Waals surface area contributed by atoms with Gasteiger partial charge in [-0.2, -0.15) is 0 Å². The van der Waals surface area contributed by atoms with Crippen LogP contribution in [0.3, 0.4) is 0 Å². The van der Waals surface area contributed by atoms with Gasteiger partial charge in [-0.05, 0) is 19.1 Å². The van der Waals surface area contributed by atoms with Crippen molar-refractivity contribution in [2.24, 2.45) is 0 Å².